The zero-order valence-electron chi connectivity index (χ0n) is 12.1. The van der Waals surface area contributed by atoms with Crippen LogP contribution in [0.3, 0.4) is 0 Å². The normalized spacial score (nSPS) is 15.0. The molecule has 1 aromatic carbocycles. The summed E-state index contributed by atoms with van der Waals surface area (Å²) in [7, 11) is 0. The van der Waals surface area contributed by atoms with Crippen molar-refractivity contribution in [3.63, 3.8) is 0 Å². The lowest BCUT2D eigenvalue weighted by molar-refractivity contribution is -0.183. The summed E-state index contributed by atoms with van der Waals surface area (Å²) in [6.07, 6.45) is -2.53. The molecule has 1 heterocycles. The SMILES string of the molecule is [N-]=[N+]=Nc1ccc(C(=O)N(O)C(C(=O)O)N2C(=O)CCC2=O)cc1. The molecular formula is C13H11N5O6. The van der Waals surface area contributed by atoms with Crippen molar-refractivity contribution in [2.45, 2.75) is 19.0 Å². The molecule has 1 saturated heterocycles. The summed E-state index contributed by atoms with van der Waals surface area (Å²) < 4.78 is 0. The Morgan fingerprint density at radius 2 is 1.75 bits per heavy atom. The van der Waals surface area contributed by atoms with Crippen LogP contribution in [0.1, 0.15) is 23.2 Å². The number of amides is 3. The summed E-state index contributed by atoms with van der Waals surface area (Å²) in [4.78, 5) is 49.7. The quantitative estimate of drug-likeness (QED) is 0.204. The van der Waals surface area contributed by atoms with Crippen LogP contribution in [0.5, 0.6) is 0 Å². The third-order valence-corrected chi connectivity index (χ3v) is 3.27. The molecule has 11 heteroatoms. The molecule has 11 nitrogen and oxygen atoms in total. The molecule has 2 N–H and O–H groups in total. The molecule has 0 saturated carbocycles. The van der Waals surface area contributed by atoms with Crippen molar-refractivity contribution in [3.8, 4) is 0 Å². The number of carbonyl (C=O) groups is 4. The average molecular weight is 333 g/mol. The highest BCUT2D eigenvalue weighted by Crippen LogP contribution is 2.20. The number of nitrogens with zero attached hydrogens (tertiary/aromatic N) is 5. The van der Waals surface area contributed by atoms with Crippen LogP contribution in [0.25, 0.3) is 10.4 Å². The molecule has 0 spiro atoms. The van der Waals surface area contributed by atoms with Gasteiger partial charge in [0, 0.05) is 29.0 Å². The van der Waals surface area contributed by atoms with Gasteiger partial charge in [-0.25, -0.2) is 9.69 Å². The monoisotopic (exact) mass is 333 g/mol. The number of aliphatic carboxylic acids is 1. The van der Waals surface area contributed by atoms with E-state index in [1.54, 1.807) is 0 Å². The first kappa shape index (κ1) is 16.9. The first-order valence-electron chi connectivity index (χ1n) is 6.62. The summed E-state index contributed by atoms with van der Waals surface area (Å²) in [5.74, 6) is -4.46. The Morgan fingerprint density at radius 3 is 2.21 bits per heavy atom. The van der Waals surface area contributed by atoms with Crippen LogP contribution in [0, 0.1) is 0 Å². The molecule has 1 aromatic rings. The Labute approximate surface area is 134 Å². The Bertz CT molecular complexity index is 739. The predicted molar refractivity (Wildman–Crippen MR) is 75.7 cm³/mol. The van der Waals surface area contributed by atoms with E-state index in [1.807, 2.05) is 0 Å². The summed E-state index contributed by atoms with van der Waals surface area (Å²) >= 11 is 0. The molecular weight excluding hydrogens is 322 g/mol. The lowest BCUT2D eigenvalue weighted by Crippen LogP contribution is -2.55. The number of carboxylic acids is 1. The van der Waals surface area contributed by atoms with Crippen LogP contribution in [-0.2, 0) is 14.4 Å². The van der Waals surface area contributed by atoms with Crippen molar-refractivity contribution < 1.29 is 29.5 Å². The number of hydroxylamine groups is 2. The van der Waals surface area contributed by atoms with Crippen molar-refractivity contribution in [2.75, 3.05) is 0 Å². The van der Waals surface area contributed by atoms with Crippen LogP contribution >= 0.6 is 0 Å². The summed E-state index contributed by atoms with van der Waals surface area (Å²) in [5, 5.41) is 22.3. The fourth-order valence-electron chi connectivity index (χ4n) is 2.16. The van der Waals surface area contributed by atoms with Gasteiger partial charge in [-0.3, -0.25) is 19.6 Å². The molecule has 1 unspecified atom stereocenters. The van der Waals surface area contributed by atoms with E-state index in [0.717, 1.165) is 0 Å². The second-order valence-electron chi connectivity index (χ2n) is 4.76. The Balaban J connectivity index is 2.29. The molecule has 1 aliphatic rings. The van der Waals surface area contributed by atoms with E-state index in [4.69, 9.17) is 5.53 Å². The number of hydrogen-bond acceptors (Lipinski definition) is 6. The molecule has 3 amide bonds. The number of likely N-dealkylation sites (tertiary alicyclic amines) is 1. The minimum absolute atomic E-state index is 0.125. The Kier molecular flexibility index (Phi) is 4.78. The fraction of sp³-hybridized carbons (Fsp3) is 0.231. The summed E-state index contributed by atoms with van der Waals surface area (Å²) in [5.41, 5.74) is 8.38. The van der Waals surface area contributed by atoms with Gasteiger partial charge in [0.2, 0.25) is 18.0 Å². The van der Waals surface area contributed by atoms with Gasteiger partial charge < -0.3 is 5.11 Å². The lowest BCUT2D eigenvalue weighted by atomic mass is 10.2. The van der Waals surface area contributed by atoms with E-state index in [2.05, 4.69) is 10.0 Å². The molecule has 0 aliphatic carbocycles. The van der Waals surface area contributed by atoms with Crippen LogP contribution in [0.2, 0.25) is 0 Å². The number of imide groups is 1. The van der Waals surface area contributed by atoms with Gasteiger partial charge in [0.25, 0.3) is 5.91 Å². The van der Waals surface area contributed by atoms with Gasteiger partial charge in [0.05, 0.1) is 0 Å². The molecule has 0 bridgehead atoms. The Hall–Kier alpha value is -3.43. The third-order valence-electron chi connectivity index (χ3n) is 3.27. The number of hydrogen-bond donors (Lipinski definition) is 2. The Morgan fingerprint density at radius 1 is 1.21 bits per heavy atom. The van der Waals surface area contributed by atoms with E-state index in [0.29, 0.717) is 4.90 Å². The van der Waals surface area contributed by atoms with Crippen molar-refractivity contribution in [3.05, 3.63) is 40.3 Å². The molecule has 2 rings (SSSR count). The first-order chi connectivity index (χ1) is 11.4. The summed E-state index contributed by atoms with van der Waals surface area (Å²) in [6.45, 7) is 0. The van der Waals surface area contributed by atoms with Gasteiger partial charge in [-0.1, -0.05) is 17.2 Å². The van der Waals surface area contributed by atoms with Crippen molar-refractivity contribution in [1.82, 2.24) is 9.96 Å². The molecule has 0 radical (unpaired) electrons. The fourth-order valence-corrected chi connectivity index (χ4v) is 2.16. The minimum atomic E-state index is -2.16. The van der Waals surface area contributed by atoms with Crippen LogP contribution < -0.4 is 0 Å². The minimum Gasteiger partial charge on any atom is -0.478 e. The maximum absolute atomic E-state index is 12.2. The topological polar surface area (TPSA) is 164 Å². The highest BCUT2D eigenvalue weighted by Gasteiger charge is 2.44. The first-order valence-corrected chi connectivity index (χ1v) is 6.62. The number of azide groups is 1. The van der Waals surface area contributed by atoms with Crippen molar-refractivity contribution in [1.29, 1.82) is 0 Å². The zero-order chi connectivity index (χ0) is 17.9. The standard InChI is InChI=1S/C13H11N5O6/c14-16-15-8-3-1-7(2-4-8)12(21)18(24)11(13(22)23)17-9(19)5-6-10(17)20/h1-4,11,24H,5-6H2,(H,22,23). The third kappa shape index (κ3) is 3.16. The van der Waals surface area contributed by atoms with E-state index in [9.17, 15) is 29.5 Å². The highest BCUT2D eigenvalue weighted by molar-refractivity contribution is 6.06. The van der Waals surface area contributed by atoms with E-state index < -0.39 is 29.9 Å². The van der Waals surface area contributed by atoms with Gasteiger partial charge >= 0.3 is 5.97 Å². The van der Waals surface area contributed by atoms with Gasteiger partial charge in [0.15, 0.2) is 0 Å². The van der Waals surface area contributed by atoms with Gasteiger partial charge in [-0.05, 0) is 17.7 Å². The second-order valence-corrected chi connectivity index (χ2v) is 4.76. The number of rotatable bonds is 5. The predicted octanol–water partition coefficient (Wildman–Crippen LogP) is 1.02. The van der Waals surface area contributed by atoms with Crippen LogP contribution in [-0.4, -0.2) is 50.1 Å². The largest absolute Gasteiger partial charge is 0.478 e. The smallest absolute Gasteiger partial charge is 0.350 e. The highest BCUT2D eigenvalue weighted by atomic mass is 16.5. The molecule has 1 atom stereocenters. The van der Waals surface area contributed by atoms with Gasteiger partial charge in [0.1, 0.15) is 0 Å². The lowest BCUT2D eigenvalue weighted by Gasteiger charge is -2.28. The zero-order valence-corrected chi connectivity index (χ0v) is 12.1. The van der Waals surface area contributed by atoms with E-state index in [1.165, 1.54) is 24.3 Å². The van der Waals surface area contributed by atoms with Crippen molar-refractivity contribution in [2.24, 2.45) is 5.11 Å². The van der Waals surface area contributed by atoms with E-state index in [-0.39, 0.29) is 29.2 Å². The average Bonchev–Trinajstić information content (AvgIpc) is 2.87. The molecule has 124 valence electrons. The maximum Gasteiger partial charge on any atom is 0.350 e. The van der Waals surface area contributed by atoms with Crippen molar-refractivity contribution >= 4 is 29.4 Å². The number of carbonyl (C=O) groups excluding carboxylic acids is 3. The van der Waals surface area contributed by atoms with Gasteiger partial charge in [-0.15, -0.1) is 0 Å². The molecule has 1 aliphatic heterocycles. The van der Waals surface area contributed by atoms with Crippen LogP contribution in [0.15, 0.2) is 29.4 Å². The number of carboxylic acid groups (broad SMARTS) is 1. The molecule has 24 heavy (non-hydrogen) atoms. The molecule has 0 aromatic heterocycles. The second kappa shape index (κ2) is 6.77. The van der Waals surface area contributed by atoms with Gasteiger partial charge in [-0.2, -0.15) is 5.06 Å². The van der Waals surface area contributed by atoms with E-state index >= 15 is 0 Å². The van der Waals surface area contributed by atoms with Crippen LogP contribution in [0.4, 0.5) is 5.69 Å². The summed E-state index contributed by atoms with van der Waals surface area (Å²) in [6, 6.07) is 4.95. The number of benzene rings is 1. The molecule has 1 fully saturated rings. The maximum atomic E-state index is 12.2.